The fourth-order valence-electron chi connectivity index (χ4n) is 1.69. The molecule has 0 spiro atoms. The lowest BCUT2D eigenvalue weighted by Gasteiger charge is -2.10. The van der Waals surface area contributed by atoms with Crippen LogP contribution in [0.4, 0.5) is 5.82 Å². The van der Waals surface area contributed by atoms with Crippen molar-refractivity contribution < 1.29 is 0 Å². The molecule has 0 saturated carbocycles. The predicted octanol–water partition coefficient (Wildman–Crippen LogP) is 4.20. The summed E-state index contributed by atoms with van der Waals surface area (Å²) in [5.41, 5.74) is 1.87. The highest BCUT2D eigenvalue weighted by molar-refractivity contribution is 6.36. The Balaban J connectivity index is 2.24. The first-order valence-electron chi connectivity index (χ1n) is 6.18. The van der Waals surface area contributed by atoms with Gasteiger partial charge in [0.05, 0.1) is 15.7 Å². The van der Waals surface area contributed by atoms with E-state index >= 15 is 0 Å². The largest absolute Gasteiger partial charge is 0.369 e. The molecule has 2 aromatic rings. The van der Waals surface area contributed by atoms with Crippen molar-refractivity contribution in [3.63, 3.8) is 0 Å². The van der Waals surface area contributed by atoms with Crippen LogP contribution in [0.25, 0.3) is 0 Å². The van der Waals surface area contributed by atoms with Crippen LogP contribution in [-0.2, 0) is 6.42 Å². The van der Waals surface area contributed by atoms with Gasteiger partial charge in [-0.25, -0.2) is 4.98 Å². The van der Waals surface area contributed by atoms with Crippen LogP contribution in [-0.4, -0.2) is 16.5 Å². The second-order valence-corrected chi connectivity index (χ2v) is 5.03. The first-order chi connectivity index (χ1) is 9.20. The molecule has 3 nitrogen and oxygen atoms in total. The number of halogens is 2. The lowest BCUT2D eigenvalue weighted by molar-refractivity contribution is 0.959. The molecule has 0 unspecified atom stereocenters. The second kappa shape index (κ2) is 6.73. The molecule has 1 N–H and O–H groups in total. The Kier molecular flexibility index (Phi) is 5.00. The molecule has 0 aromatic carbocycles. The third kappa shape index (κ3) is 3.82. The van der Waals surface area contributed by atoms with Crippen LogP contribution in [0, 0.1) is 0 Å². The van der Waals surface area contributed by atoms with Gasteiger partial charge in [-0.1, -0.05) is 36.2 Å². The molecule has 0 bridgehead atoms. The topological polar surface area (TPSA) is 37.8 Å². The van der Waals surface area contributed by atoms with E-state index < -0.39 is 0 Å². The van der Waals surface area contributed by atoms with E-state index in [1.807, 2.05) is 18.3 Å². The van der Waals surface area contributed by atoms with Gasteiger partial charge < -0.3 is 5.32 Å². The fourth-order valence-corrected chi connectivity index (χ4v) is 2.18. The Morgan fingerprint density at radius 1 is 1.26 bits per heavy atom. The van der Waals surface area contributed by atoms with E-state index in [1.165, 1.54) is 0 Å². The molecule has 0 saturated heterocycles. The summed E-state index contributed by atoms with van der Waals surface area (Å²) in [7, 11) is 0. The second-order valence-electron chi connectivity index (χ2n) is 4.21. The quantitative estimate of drug-likeness (QED) is 0.898. The zero-order valence-electron chi connectivity index (χ0n) is 10.7. The van der Waals surface area contributed by atoms with Crippen LogP contribution in [0.5, 0.6) is 0 Å². The number of hydrogen-bond acceptors (Lipinski definition) is 3. The maximum Gasteiger partial charge on any atom is 0.145 e. The molecule has 0 aliphatic heterocycles. The molecule has 0 aliphatic carbocycles. The SMILES string of the molecule is CCCNc1nc(Cc2cccnc2)c(Cl)cc1Cl. The van der Waals surface area contributed by atoms with Crippen LogP contribution >= 0.6 is 23.2 Å². The van der Waals surface area contributed by atoms with Crippen LogP contribution in [0.2, 0.25) is 10.0 Å². The van der Waals surface area contributed by atoms with Crippen LogP contribution in [0.15, 0.2) is 30.6 Å². The van der Waals surface area contributed by atoms with Crippen molar-refractivity contribution in [3.8, 4) is 0 Å². The maximum absolute atomic E-state index is 6.19. The third-order valence-electron chi connectivity index (χ3n) is 2.64. The molecular weight excluding hydrogens is 281 g/mol. The molecule has 100 valence electrons. The molecular formula is C14H15Cl2N3. The van der Waals surface area contributed by atoms with E-state index in [0.29, 0.717) is 22.3 Å². The number of nitrogens with one attached hydrogen (secondary N) is 1. The molecule has 5 heteroatoms. The van der Waals surface area contributed by atoms with E-state index in [1.54, 1.807) is 12.3 Å². The van der Waals surface area contributed by atoms with Crippen LogP contribution in [0.1, 0.15) is 24.6 Å². The molecule has 0 fully saturated rings. The molecule has 0 radical (unpaired) electrons. The minimum absolute atomic E-state index is 0.549. The molecule has 2 heterocycles. The number of rotatable bonds is 5. The minimum Gasteiger partial charge on any atom is -0.369 e. The maximum atomic E-state index is 6.19. The smallest absolute Gasteiger partial charge is 0.145 e. The minimum atomic E-state index is 0.549. The Morgan fingerprint density at radius 2 is 2.11 bits per heavy atom. The lowest BCUT2D eigenvalue weighted by atomic mass is 10.1. The Hall–Kier alpha value is -1.32. The summed E-state index contributed by atoms with van der Waals surface area (Å²) in [5, 5.41) is 4.33. The van der Waals surface area contributed by atoms with Gasteiger partial charge in [0.25, 0.3) is 0 Å². The summed E-state index contributed by atoms with van der Waals surface area (Å²) in [6.07, 6.45) is 5.21. The van der Waals surface area contributed by atoms with Gasteiger partial charge in [0.2, 0.25) is 0 Å². The van der Waals surface area contributed by atoms with Crippen molar-refractivity contribution >= 4 is 29.0 Å². The van der Waals surface area contributed by atoms with Crippen molar-refractivity contribution in [1.82, 2.24) is 9.97 Å². The highest BCUT2D eigenvalue weighted by Gasteiger charge is 2.09. The monoisotopic (exact) mass is 295 g/mol. The predicted molar refractivity (Wildman–Crippen MR) is 80.1 cm³/mol. The van der Waals surface area contributed by atoms with Crippen LogP contribution in [0.3, 0.4) is 0 Å². The summed E-state index contributed by atoms with van der Waals surface area (Å²) >= 11 is 12.3. The zero-order chi connectivity index (χ0) is 13.7. The van der Waals surface area contributed by atoms with Crippen LogP contribution < -0.4 is 5.32 Å². The number of aromatic nitrogens is 2. The first kappa shape index (κ1) is 14.1. The van der Waals surface area contributed by atoms with Crippen molar-refractivity contribution in [3.05, 3.63) is 51.9 Å². The molecule has 0 amide bonds. The van der Waals surface area contributed by atoms with Gasteiger partial charge in [0.1, 0.15) is 5.82 Å². The molecule has 19 heavy (non-hydrogen) atoms. The first-order valence-corrected chi connectivity index (χ1v) is 6.94. The molecule has 0 aliphatic rings. The van der Waals surface area contributed by atoms with Gasteiger partial charge in [-0.3, -0.25) is 4.98 Å². The molecule has 0 atom stereocenters. The van der Waals surface area contributed by atoms with Gasteiger partial charge >= 0.3 is 0 Å². The van der Waals surface area contributed by atoms with Crippen molar-refractivity contribution in [2.45, 2.75) is 19.8 Å². The highest BCUT2D eigenvalue weighted by Crippen LogP contribution is 2.27. The summed E-state index contributed by atoms with van der Waals surface area (Å²) in [6, 6.07) is 5.63. The number of nitrogens with zero attached hydrogens (tertiary/aromatic N) is 2. The molecule has 2 rings (SSSR count). The Morgan fingerprint density at radius 3 is 2.79 bits per heavy atom. The number of pyridine rings is 2. The van der Waals surface area contributed by atoms with Gasteiger partial charge in [-0.2, -0.15) is 0 Å². The number of anilines is 1. The van der Waals surface area contributed by atoms with E-state index in [-0.39, 0.29) is 0 Å². The molecule has 2 aromatic heterocycles. The van der Waals surface area contributed by atoms with Gasteiger partial charge in [-0.05, 0) is 24.1 Å². The summed E-state index contributed by atoms with van der Waals surface area (Å²) in [4.78, 5) is 8.59. The summed E-state index contributed by atoms with van der Waals surface area (Å²) in [6.45, 7) is 2.92. The Bertz CT molecular complexity index is 544. The van der Waals surface area contributed by atoms with E-state index in [9.17, 15) is 0 Å². The van der Waals surface area contributed by atoms with Gasteiger partial charge in [0, 0.05) is 25.4 Å². The van der Waals surface area contributed by atoms with Gasteiger partial charge in [-0.15, -0.1) is 0 Å². The van der Waals surface area contributed by atoms with E-state index in [2.05, 4.69) is 22.2 Å². The fraction of sp³-hybridized carbons (Fsp3) is 0.286. The standard InChI is InChI=1S/C14H15Cl2N3/c1-2-5-18-14-12(16)8-11(15)13(19-14)7-10-4-3-6-17-9-10/h3-4,6,8-9H,2,5,7H2,1H3,(H,18,19). The van der Waals surface area contributed by atoms with E-state index in [0.717, 1.165) is 24.2 Å². The highest BCUT2D eigenvalue weighted by atomic mass is 35.5. The third-order valence-corrected chi connectivity index (χ3v) is 3.25. The zero-order valence-corrected chi connectivity index (χ0v) is 12.2. The lowest BCUT2D eigenvalue weighted by Crippen LogP contribution is -2.05. The van der Waals surface area contributed by atoms with Gasteiger partial charge in [0.15, 0.2) is 0 Å². The normalized spacial score (nSPS) is 10.5. The summed E-state index contributed by atoms with van der Waals surface area (Å²) < 4.78 is 0. The van der Waals surface area contributed by atoms with Crippen molar-refractivity contribution in [2.24, 2.45) is 0 Å². The summed E-state index contributed by atoms with van der Waals surface area (Å²) in [5.74, 6) is 0.687. The Labute approximate surface area is 123 Å². The average molecular weight is 296 g/mol. The van der Waals surface area contributed by atoms with Crippen molar-refractivity contribution in [1.29, 1.82) is 0 Å². The van der Waals surface area contributed by atoms with Crippen molar-refractivity contribution in [2.75, 3.05) is 11.9 Å². The average Bonchev–Trinajstić information content (AvgIpc) is 2.42. The number of hydrogen-bond donors (Lipinski definition) is 1. The van der Waals surface area contributed by atoms with E-state index in [4.69, 9.17) is 23.2 Å².